The van der Waals surface area contributed by atoms with Crippen molar-refractivity contribution in [2.45, 2.75) is 44.3 Å². The number of carbonyl (C=O) groups excluding carboxylic acids is 3. The number of aliphatic carboxylic acids is 1. The molecular weight excluding hydrogens is 434 g/mol. The van der Waals surface area contributed by atoms with E-state index in [1.165, 1.54) is 31.2 Å². The zero-order valence-electron chi connectivity index (χ0n) is 18.3. The number of nitrogens with two attached hydrogens (primary N) is 3. The fraction of sp³-hybridized carbons (Fsp3) is 0.450. The smallest absolute Gasteiger partial charge is 0.326 e. The van der Waals surface area contributed by atoms with Gasteiger partial charge in [-0.05, 0) is 37.5 Å². The Hall–Kier alpha value is -3.87. The Balaban J connectivity index is 2.84. The maximum absolute atomic E-state index is 12.8. The van der Waals surface area contributed by atoms with Gasteiger partial charge in [0, 0.05) is 13.0 Å². The summed E-state index contributed by atoms with van der Waals surface area (Å²) in [6, 6.07) is 2.68. The van der Waals surface area contributed by atoms with Gasteiger partial charge in [0.1, 0.15) is 17.8 Å². The van der Waals surface area contributed by atoms with Crippen LogP contribution < -0.4 is 33.2 Å². The molecule has 0 radical (unpaired) electrons. The molecule has 0 aliphatic carbocycles. The number of nitrogens with one attached hydrogen (secondary N) is 3. The number of aromatic hydroxyl groups is 1. The van der Waals surface area contributed by atoms with Gasteiger partial charge in [0.25, 0.3) is 0 Å². The Labute approximate surface area is 190 Å². The van der Waals surface area contributed by atoms with E-state index in [2.05, 4.69) is 20.9 Å². The number of aliphatic imine (C=N–C) groups is 1. The molecule has 13 heteroatoms. The minimum atomic E-state index is -1.28. The standard InChI is InChI=1S/C20H31N7O6/c1-11(21)17(30)25-10-16(29)26-14(3-2-8-24-20(22)23)18(31)27-15(19(32)33)9-12-4-6-13(28)7-5-12/h4-7,11,14-15,28H,2-3,8-10,21H2,1H3,(H,25,30)(H,26,29)(H,27,31)(H,32,33)(H4,22,23,24). The molecule has 3 amide bonds. The molecule has 11 N–H and O–H groups in total. The van der Waals surface area contributed by atoms with Crippen molar-refractivity contribution in [1.29, 1.82) is 0 Å². The molecule has 1 aromatic carbocycles. The van der Waals surface area contributed by atoms with Crippen LogP contribution in [0.5, 0.6) is 5.75 Å². The number of guanidine groups is 1. The van der Waals surface area contributed by atoms with E-state index >= 15 is 0 Å². The molecule has 0 aromatic heterocycles. The van der Waals surface area contributed by atoms with Crippen molar-refractivity contribution in [2.75, 3.05) is 13.1 Å². The molecular formula is C20H31N7O6. The topological polar surface area (TPSA) is 235 Å². The number of carboxylic acid groups (broad SMARTS) is 1. The van der Waals surface area contributed by atoms with E-state index in [0.29, 0.717) is 12.0 Å². The summed E-state index contributed by atoms with van der Waals surface area (Å²) >= 11 is 0. The highest BCUT2D eigenvalue weighted by Crippen LogP contribution is 2.12. The number of carboxylic acids is 1. The largest absolute Gasteiger partial charge is 0.508 e. The van der Waals surface area contributed by atoms with Crippen molar-refractivity contribution in [2.24, 2.45) is 22.2 Å². The van der Waals surface area contributed by atoms with Crippen LogP contribution in [-0.2, 0) is 25.6 Å². The first-order valence-corrected chi connectivity index (χ1v) is 10.2. The molecule has 1 rings (SSSR count). The summed E-state index contributed by atoms with van der Waals surface area (Å²) in [7, 11) is 0. The summed E-state index contributed by atoms with van der Waals surface area (Å²) in [6.07, 6.45) is 0.389. The number of nitrogens with zero attached hydrogens (tertiary/aromatic N) is 1. The van der Waals surface area contributed by atoms with E-state index < -0.39 is 48.4 Å². The van der Waals surface area contributed by atoms with Gasteiger partial charge in [0.15, 0.2) is 5.96 Å². The second kappa shape index (κ2) is 13.5. The minimum absolute atomic E-state index is 0.0225. The maximum Gasteiger partial charge on any atom is 0.326 e. The lowest BCUT2D eigenvalue weighted by atomic mass is 10.0. The third-order valence-corrected chi connectivity index (χ3v) is 4.42. The lowest BCUT2D eigenvalue weighted by Crippen LogP contribution is -2.54. The summed E-state index contributed by atoms with van der Waals surface area (Å²) in [5, 5.41) is 26.1. The quantitative estimate of drug-likeness (QED) is 0.0872. The Morgan fingerprint density at radius 1 is 1.03 bits per heavy atom. The first kappa shape index (κ1) is 27.2. The minimum Gasteiger partial charge on any atom is -0.508 e. The zero-order valence-corrected chi connectivity index (χ0v) is 18.3. The lowest BCUT2D eigenvalue weighted by Gasteiger charge is -2.22. The van der Waals surface area contributed by atoms with Crippen molar-refractivity contribution in [3.63, 3.8) is 0 Å². The average molecular weight is 466 g/mol. The average Bonchev–Trinajstić information content (AvgIpc) is 2.74. The monoisotopic (exact) mass is 465 g/mol. The van der Waals surface area contributed by atoms with E-state index in [9.17, 15) is 29.4 Å². The third-order valence-electron chi connectivity index (χ3n) is 4.42. The van der Waals surface area contributed by atoms with Crippen LogP contribution in [0.25, 0.3) is 0 Å². The number of hydrogen-bond acceptors (Lipinski definition) is 7. The fourth-order valence-electron chi connectivity index (χ4n) is 2.69. The lowest BCUT2D eigenvalue weighted by molar-refractivity contribution is -0.142. The number of amides is 3. The summed E-state index contributed by atoms with van der Waals surface area (Å²) in [4.78, 5) is 52.0. The third kappa shape index (κ3) is 10.8. The maximum atomic E-state index is 12.8. The summed E-state index contributed by atoms with van der Waals surface area (Å²) in [6.45, 7) is 1.24. The SMILES string of the molecule is CC(N)C(=O)NCC(=O)NC(CCCN=C(N)N)C(=O)NC(Cc1ccc(O)cc1)C(=O)O. The Morgan fingerprint density at radius 2 is 1.67 bits per heavy atom. The molecule has 33 heavy (non-hydrogen) atoms. The number of phenols is 1. The van der Waals surface area contributed by atoms with Gasteiger partial charge < -0.3 is 43.4 Å². The molecule has 182 valence electrons. The Bertz CT molecular complexity index is 853. The predicted molar refractivity (Wildman–Crippen MR) is 120 cm³/mol. The molecule has 1 aromatic rings. The highest BCUT2D eigenvalue weighted by Gasteiger charge is 2.26. The van der Waals surface area contributed by atoms with Crippen LogP contribution in [0.15, 0.2) is 29.3 Å². The number of rotatable bonds is 13. The van der Waals surface area contributed by atoms with Gasteiger partial charge in [-0.25, -0.2) is 4.79 Å². The molecule has 0 heterocycles. The normalized spacial score (nSPS) is 13.2. The molecule has 0 saturated heterocycles. The van der Waals surface area contributed by atoms with Gasteiger partial charge in [0.2, 0.25) is 17.7 Å². The van der Waals surface area contributed by atoms with Crippen LogP contribution in [0.3, 0.4) is 0 Å². The van der Waals surface area contributed by atoms with Crippen molar-refractivity contribution < 1.29 is 29.4 Å². The van der Waals surface area contributed by atoms with Gasteiger partial charge in [-0.15, -0.1) is 0 Å². The number of benzene rings is 1. The number of carbonyl (C=O) groups is 4. The molecule has 0 aliphatic rings. The molecule has 3 atom stereocenters. The molecule has 0 aliphatic heterocycles. The predicted octanol–water partition coefficient (Wildman–Crippen LogP) is -2.49. The first-order chi connectivity index (χ1) is 15.5. The molecule has 0 bridgehead atoms. The van der Waals surface area contributed by atoms with Crippen LogP contribution in [0, 0.1) is 0 Å². The van der Waals surface area contributed by atoms with Gasteiger partial charge in [-0.1, -0.05) is 12.1 Å². The van der Waals surface area contributed by atoms with Crippen LogP contribution in [0.1, 0.15) is 25.3 Å². The highest BCUT2D eigenvalue weighted by molar-refractivity contribution is 5.92. The van der Waals surface area contributed by atoms with Crippen LogP contribution in [0.4, 0.5) is 0 Å². The molecule has 0 spiro atoms. The van der Waals surface area contributed by atoms with Gasteiger partial charge in [-0.3, -0.25) is 19.4 Å². The van der Waals surface area contributed by atoms with Crippen molar-refractivity contribution in [3.05, 3.63) is 29.8 Å². The summed E-state index contributed by atoms with van der Waals surface area (Å²) in [5.41, 5.74) is 16.5. The van der Waals surface area contributed by atoms with Gasteiger partial charge in [-0.2, -0.15) is 0 Å². The molecule has 3 unspecified atom stereocenters. The van der Waals surface area contributed by atoms with E-state index in [1.807, 2.05) is 0 Å². The summed E-state index contributed by atoms with van der Waals surface area (Å²) < 4.78 is 0. The van der Waals surface area contributed by atoms with E-state index in [4.69, 9.17) is 17.2 Å². The Kier molecular flexibility index (Phi) is 11.1. The van der Waals surface area contributed by atoms with E-state index in [-0.39, 0.29) is 31.1 Å². The van der Waals surface area contributed by atoms with Crippen molar-refractivity contribution in [3.8, 4) is 5.75 Å². The first-order valence-electron chi connectivity index (χ1n) is 10.2. The molecule has 13 nitrogen and oxygen atoms in total. The van der Waals surface area contributed by atoms with Crippen LogP contribution in [-0.4, -0.2) is 71.1 Å². The van der Waals surface area contributed by atoms with E-state index in [1.54, 1.807) is 0 Å². The highest BCUT2D eigenvalue weighted by atomic mass is 16.4. The van der Waals surface area contributed by atoms with E-state index in [0.717, 1.165) is 0 Å². The number of phenolic OH excluding ortho intramolecular Hbond substituents is 1. The Morgan fingerprint density at radius 3 is 2.21 bits per heavy atom. The fourth-order valence-corrected chi connectivity index (χ4v) is 2.69. The zero-order chi connectivity index (χ0) is 25.0. The van der Waals surface area contributed by atoms with Crippen molar-refractivity contribution >= 4 is 29.7 Å². The van der Waals surface area contributed by atoms with Crippen LogP contribution in [0.2, 0.25) is 0 Å². The molecule has 0 saturated carbocycles. The summed E-state index contributed by atoms with van der Waals surface area (Å²) in [5.74, 6) is -3.30. The van der Waals surface area contributed by atoms with Gasteiger partial charge in [0.05, 0.1) is 12.6 Å². The van der Waals surface area contributed by atoms with Gasteiger partial charge >= 0.3 is 5.97 Å². The number of hydrogen-bond donors (Lipinski definition) is 8. The van der Waals surface area contributed by atoms with Crippen LogP contribution >= 0.6 is 0 Å². The second-order valence-corrected chi connectivity index (χ2v) is 7.35. The van der Waals surface area contributed by atoms with Crippen molar-refractivity contribution in [1.82, 2.24) is 16.0 Å². The second-order valence-electron chi connectivity index (χ2n) is 7.35. The molecule has 0 fully saturated rings.